The van der Waals surface area contributed by atoms with E-state index in [1.165, 1.54) is 106 Å². The van der Waals surface area contributed by atoms with Gasteiger partial charge in [0.25, 0.3) is 17.1 Å². The molecule has 0 unspecified atom stereocenters. The fourth-order valence-corrected chi connectivity index (χ4v) is 12.6. The third-order valence-electron chi connectivity index (χ3n) is 15.3. The summed E-state index contributed by atoms with van der Waals surface area (Å²) in [5.41, 5.74) is 0.899. The number of benzene rings is 3. The van der Waals surface area contributed by atoms with E-state index in [4.69, 9.17) is 14.2 Å². The highest BCUT2D eigenvalue weighted by Crippen LogP contribution is 2.53. The Labute approximate surface area is 457 Å². The lowest BCUT2D eigenvalue weighted by molar-refractivity contribution is -0.385. The average molecular weight is 1120 g/mol. The van der Waals surface area contributed by atoms with Crippen molar-refractivity contribution >= 4 is 64.7 Å². The van der Waals surface area contributed by atoms with Crippen LogP contribution in [0.15, 0.2) is 83.4 Å². The Morgan fingerprint density at radius 1 is 0.759 bits per heavy atom. The van der Waals surface area contributed by atoms with Gasteiger partial charge in [-0.1, -0.05) is 39.0 Å². The van der Waals surface area contributed by atoms with Gasteiger partial charge in [0.05, 0.1) is 51.4 Å². The number of carbonyl (C=O) groups is 6. The molecule has 1 saturated carbocycles. The second-order valence-corrected chi connectivity index (χ2v) is 22.0. The fraction of sp³-hybridized carbons (Fsp3) is 0.509. The zero-order valence-corrected chi connectivity index (χ0v) is 44.2. The van der Waals surface area contributed by atoms with E-state index in [-0.39, 0.29) is 81.0 Å². The minimum Gasteiger partial charge on any atom is -0.456 e. The number of hydrogen-bond acceptors (Lipinski definition) is 18. The standard InChI is InChI=1S/C53H62N8O17S/c1-30-46-45(31(2)62)50(66)58(46)47(51(67)76-27-33-8-14-37(15-9-33)59(70)71)48(30)79-40-23-42(57(26-40)53(69)78-29-35-12-18-39(19-13-35)61(74)75)49(65)56-21-20-36(25-56)54-44(64)24-43(63)41(22-32-6-4-3-5-7-32)55-52(68)77-28-34-10-16-38(17-11-34)60(72)73/h8-19,30-32,36,40-43,45-46,62-63H,3-7,20-29H2,1-2H3,(H,54,64)(H,55,68)/t30-,31-,36+,40+,41+,42+,43+,45-,46-/m1/s1. The number of nitrogens with zero attached hydrogens (tertiary/aromatic N) is 6. The number of nitro benzene ring substituents is 3. The Morgan fingerprint density at radius 3 is 1.85 bits per heavy atom. The van der Waals surface area contributed by atoms with Gasteiger partial charge in [0.2, 0.25) is 17.7 Å². The van der Waals surface area contributed by atoms with Gasteiger partial charge in [-0.15, -0.1) is 11.8 Å². The number of carbonyl (C=O) groups excluding carboxylic acids is 6. The number of hydrogen-bond donors (Lipinski definition) is 4. The molecule has 1 aliphatic carbocycles. The molecule has 4 N–H and O–H groups in total. The number of esters is 1. The molecule has 26 heteroatoms. The maximum atomic E-state index is 14.7. The predicted octanol–water partition coefficient (Wildman–Crippen LogP) is 5.77. The minimum absolute atomic E-state index is 0.0474. The molecule has 4 fully saturated rings. The van der Waals surface area contributed by atoms with Gasteiger partial charge in [-0.3, -0.25) is 49.6 Å². The lowest BCUT2D eigenvalue weighted by Gasteiger charge is -2.46. The van der Waals surface area contributed by atoms with E-state index in [0.717, 1.165) is 32.1 Å². The molecule has 9 atom stereocenters. The molecule has 3 aromatic carbocycles. The van der Waals surface area contributed by atoms with Crippen molar-refractivity contribution in [2.75, 3.05) is 19.6 Å². The van der Waals surface area contributed by atoms with Crippen LogP contribution in [0.2, 0.25) is 0 Å². The summed E-state index contributed by atoms with van der Waals surface area (Å²) < 4.78 is 16.8. The maximum Gasteiger partial charge on any atom is 0.410 e. The maximum absolute atomic E-state index is 14.7. The van der Waals surface area contributed by atoms with Gasteiger partial charge in [-0.25, -0.2) is 14.4 Å². The predicted molar refractivity (Wildman–Crippen MR) is 280 cm³/mol. The van der Waals surface area contributed by atoms with Gasteiger partial charge >= 0.3 is 18.2 Å². The molecule has 5 amide bonds. The summed E-state index contributed by atoms with van der Waals surface area (Å²) in [4.78, 5) is 119. The molecule has 79 heavy (non-hydrogen) atoms. The molecule has 4 heterocycles. The number of aliphatic hydroxyl groups is 2. The van der Waals surface area contributed by atoms with E-state index < -0.39 is 104 Å². The van der Waals surface area contributed by atoms with Gasteiger partial charge in [-0.05, 0) is 85.2 Å². The molecular weight excluding hydrogens is 1050 g/mol. The number of aliphatic hydroxyl groups excluding tert-OH is 2. The lowest BCUT2D eigenvalue weighted by atomic mass is 9.79. The van der Waals surface area contributed by atoms with Crippen molar-refractivity contribution in [3.63, 3.8) is 0 Å². The number of likely N-dealkylation sites (tertiary alicyclic amines) is 2. The Bertz CT molecular complexity index is 2830. The molecule has 4 aliphatic heterocycles. The smallest absolute Gasteiger partial charge is 0.410 e. The molecule has 0 aromatic heterocycles. The van der Waals surface area contributed by atoms with Crippen LogP contribution in [-0.2, 0) is 53.2 Å². The van der Waals surface area contributed by atoms with Crippen LogP contribution < -0.4 is 10.6 Å². The van der Waals surface area contributed by atoms with E-state index in [1.54, 1.807) is 6.92 Å². The summed E-state index contributed by atoms with van der Waals surface area (Å²) in [5.74, 6) is -3.47. The monoisotopic (exact) mass is 1110 g/mol. The van der Waals surface area contributed by atoms with Crippen molar-refractivity contribution in [1.29, 1.82) is 0 Å². The van der Waals surface area contributed by atoms with Crippen LogP contribution in [-0.4, -0.2) is 137 Å². The molecular formula is C53H62N8O17S. The highest BCUT2D eigenvalue weighted by Gasteiger charge is 2.61. The number of β-lactam (4-membered cyclic amide) rings is 1. The molecule has 0 radical (unpaired) electrons. The highest BCUT2D eigenvalue weighted by molar-refractivity contribution is 8.03. The second-order valence-electron chi connectivity index (χ2n) is 20.7. The number of fused-ring (bicyclic) bond motifs is 1. The second kappa shape index (κ2) is 25.4. The Morgan fingerprint density at radius 2 is 1.30 bits per heavy atom. The van der Waals surface area contributed by atoms with Crippen molar-refractivity contribution in [1.82, 2.24) is 25.3 Å². The number of ether oxygens (including phenoxy) is 3. The van der Waals surface area contributed by atoms with Crippen LogP contribution in [0, 0.1) is 48.1 Å². The Kier molecular flexibility index (Phi) is 18.5. The van der Waals surface area contributed by atoms with Crippen molar-refractivity contribution in [2.45, 2.75) is 133 Å². The summed E-state index contributed by atoms with van der Waals surface area (Å²) in [7, 11) is 0. The molecule has 8 rings (SSSR count). The summed E-state index contributed by atoms with van der Waals surface area (Å²) >= 11 is 1.20. The number of alkyl carbamates (subject to hydrolysis) is 1. The van der Waals surface area contributed by atoms with E-state index in [0.29, 0.717) is 34.4 Å². The van der Waals surface area contributed by atoms with E-state index in [2.05, 4.69) is 10.6 Å². The first-order valence-electron chi connectivity index (χ1n) is 26.2. The molecule has 0 bridgehead atoms. The largest absolute Gasteiger partial charge is 0.456 e. The number of nitrogens with one attached hydrogen (secondary N) is 2. The van der Waals surface area contributed by atoms with Crippen LogP contribution in [0.25, 0.3) is 0 Å². The molecule has 3 aromatic rings. The van der Waals surface area contributed by atoms with Gasteiger partial charge in [0.15, 0.2) is 0 Å². The molecule has 25 nitrogen and oxygen atoms in total. The quantitative estimate of drug-likeness (QED) is 0.0323. The first-order valence-corrected chi connectivity index (χ1v) is 27.1. The summed E-state index contributed by atoms with van der Waals surface area (Å²) in [6.45, 7) is 2.70. The number of nitro groups is 3. The molecule has 5 aliphatic rings. The van der Waals surface area contributed by atoms with E-state index in [9.17, 15) is 69.3 Å². The summed E-state index contributed by atoms with van der Waals surface area (Å²) in [6, 6.07) is 13.2. The number of amides is 5. The molecule has 3 saturated heterocycles. The SMILES string of the molecule is C[C@@H](O)[C@H]1C(=O)N2C(C(=O)OCc3ccc([N+](=O)[O-])cc3)=C(S[C@H]3C[C@@H](C(=O)N4CC[C@H](NC(=O)C[C@H](O)[C@H](CC5CCCCC5)NC(=O)OCc5ccc([N+](=O)[O-])cc5)C4)N(C(=O)OCc4ccc([N+](=O)[O-])cc4)C3)[C@H](C)[C@H]12. The number of rotatable bonds is 21. The van der Waals surface area contributed by atoms with Crippen molar-refractivity contribution in [3.8, 4) is 0 Å². The van der Waals surface area contributed by atoms with Crippen molar-refractivity contribution in [3.05, 3.63) is 130 Å². The van der Waals surface area contributed by atoms with Crippen LogP contribution in [0.1, 0.15) is 88.3 Å². The summed E-state index contributed by atoms with van der Waals surface area (Å²) in [6.07, 6.45) is 1.17. The fourth-order valence-electron chi connectivity index (χ4n) is 11.1. The highest BCUT2D eigenvalue weighted by atomic mass is 32.2. The van der Waals surface area contributed by atoms with E-state index >= 15 is 0 Å². The first kappa shape index (κ1) is 57.5. The molecule has 422 valence electrons. The van der Waals surface area contributed by atoms with Gasteiger partial charge in [0, 0.05) is 78.1 Å². The summed E-state index contributed by atoms with van der Waals surface area (Å²) in [5, 5.41) is 60.7. The van der Waals surface area contributed by atoms with Crippen LogP contribution >= 0.6 is 11.8 Å². The third-order valence-corrected chi connectivity index (χ3v) is 16.8. The first-order chi connectivity index (χ1) is 37.8. The van der Waals surface area contributed by atoms with Gasteiger partial charge in [-0.2, -0.15) is 0 Å². The zero-order chi connectivity index (χ0) is 56.7. The van der Waals surface area contributed by atoms with Gasteiger partial charge in [0.1, 0.15) is 31.6 Å². The topological polar surface area (TPSA) is 334 Å². The number of non-ortho nitro benzene ring substituents is 3. The Hall–Kier alpha value is -7.71. The normalized spacial score (nSPS) is 23.0. The van der Waals surface area contributed by atoms with Gasteiger partial charge < -0.3 is 44.9 Å². The lowest BCUT2D eigenvalue weighted by Crippen LogP contribution is -2.63. The average Bonchev–Trinajstić information content (AvgIpc) is 3.66. The van der Waals surface area contributed by atoms with Crippen LogP contribution in [0.5, 0.6) is 0 Å². The van der Waals surface area contributed by atoms with Crippen molar-refractivity contribution < 1.29 is 68.0 Å². The van der Waals surface area contributed by atoms with Crippen molar-refractivity contribution in [2.24, 2.45) is 17.8 Å². The Balaban J connectivity index is 0.940. The van der Waals surface area contributed by atoms with E-state index in [1.807, 2.05) is 0 Å². The third kappa shape index (κ3) is 13.8. The number of thioether (sulfide) groups is 1. The molecule has 0 spiro atoms. The zero-order valence-electron chi connectivity index (χ0n) is 43.4. The minimum atomic E-state index is -1.32. The van der Waals surface area contributed by atoms with Crippen LogP contribution in [0.3, 0.4) is 0 Å². The van der Waals surface area contributed by atoms with Crippen LogP contribution in [0.4, 0.5) is 26.7 Å².